The van der Waals surface area contributed by atoms with Gasteiger partial charge in [-0.25, -0.2) is 0 Å². The third-order valence-corrected chi connectivity index (χ3v) is 7.28. The quantitative estimate of drug-likeness (QED) is 0.195. The minimum Gasteiger partial charge on any atom is -0.345 e. The highest BCUT2D eigenvalue weighted by Crippen LogP contribution is 2.12. The first-order chi connectivity index (χ1) is 19.4. The molecule has 0 fully saturated rings. The molecule has 230 valence electrons. The Morgan fingerprint density at radius 1 is 0.756 bits per heavy atom. The molecular weight excluding hydrogens is 540 g/mol. The molecule has 0 bridgehead atoms. The van der Waals surface area contributed by atoms with Gasteiger partial charge in [0.05, 0.1) is 6.04 Å². The van der Waals surface area contributed by atoms with Crippen LogP contribution in [0, 0.1) is 11.8 Å². The number of Topliss-reactive ketones (excluding diaryl/α,β-unsaturated/α-hetero) is 1. The van der Waals surface area contributed by atoms with E-state index in [0.29, 0.717) is 25.0 Å². The maximum atomic E-state index is 13.6. The Hall–Kier alpha value is -2.88. The van der Waals surface area contributed by atoms with E-state index in [9.17, 15) is 24.0 Å². The van der Waals surface area contributed by atoms with Gasteiger partial charge >= 0.3 is 0 Å². The number of amides is 4. The Bertz CT molecular complexity index is 986. The molecule has 4 N–H and O–H groups in total. The molecule has 0 aliphatic rings. The molecule has 0 aromatic heterocycles. The normalized spacial score (nSPS) is 14.1. The third kappa shape index (κ3) is 14.0. The lowest BCUT2D eigenvalue weighted by Gasteiger charge is -2.27. The minimum atomic E-state index is -0.955. The summed E-state index contributed by atoms with van der Waals surface area (Å²) in [6, 6.07) is 6.06. The van der Waals surface area contributed by atoms with Gasteiger partial charge in [-0.3, -0.25) is 24.0 Å². The second-order valence-corrected chi connectivity index (χ2v) is 12.2. The third-order valence-electron chi connectivity index (χ3n) is 6.64. The average Bonchev–Trinajstić information content (AvgIpc) is 2.91. The van der Waals surface area contributed by atoms with Crippen LogP contribution in [0.2, 0.25) is 0 Å². The standard InChI is InChI=1S/C31H50N4O5S/c1-8-9-15-24(28(37)21(4)5)33-31(40)27(19-23-13-11-10-12-14-23)35-30(39)26(18-20(2)3)34-29(38)25(16-17-41-7)32-22(6)36/h10-14,20-21,24-27H,8-9,15-19H2,1-7H3,(H,32,36)(H,33,40)(H,34,38)(H,35,39). The molecule has 0 aliphatic heterocycles. The lowest BCUT2D eigenvalue weighted by molar-refractivity contribution is -0.134. The summed E-state index contributed by atoms with van der Waals surface area (Å²) in [6.45, 7) is 10.9. The van der Waals surface area contributed by atoms with Crippen LogP contribution in [0.25, 0.3) is 0 Å². The molecule has 41 heavy (non-hydrogen) atoms. The topological polar surface area (TPSA) is 133 Å². The predicted molar refractivity (Wildman–Crippen MR) is 165 cm³/mol. The molecule has 4 atom stereocenters. The zero-order valence-corrected chi connectivity index (χ0v) is 26.6. The number of benzene rings is 1. The van der Waals surface area contributed by atoms with Gasteiger partial charge < -0.3 is 21.3 Å². The van der Waals surface area contributed by atoms with Crippen LogP contribution in [0.15, 0.2) is 30.3 Å². The molecule has 0 spiro atoms. The summed E-state index contributed by atoms with van der Waals surface area (Å²) in [6.07, 6.45) is 5.10. The molecule has 10 heteroatoms. The number of carbonyl (C=O) groups is 5. The lowest BCUT2D eigenvalue weighted by Crippen LogP contribution is -2.58. The Balaban J connectivity index is 3.22. The summed E-state index contributed by atoms with van der Waals surface area (Å²) in [5, 5.41) is 11.2. The summed E-state index contributed by atoms with van der Waals surface area (Å²) in [5.41, 5.74) is 0.848. The van der Waals surface area contributed by atoms with Crippen LogP contribution in [0.3, 0.4) is 0 Å². The molecule has 1 aromatic rings. The average molecular weight is 591 g/mol. The van der Waals surface area contributed by atoms with Crippen LogP contribution in [0.4, 0.5) is 0 Å². The van der Waals surface area contributed by atoms with Gasteiger partial charge in [-0.05, 0) is 42.8 Å². The van der Waals surface area contributed by atoms with Gasteiger partial charge in [0.2, 0.25) is 23.6 Å². The fraction of sp³-hybridized carbons (Fsp3) is 0.645. The van der Waals surface area contributed by atoms with E-state index in [-0.39, 0.29) is 29.9 Å². The van der Waals surface area contributed by atoms with Crippen molar-refractivity contribution in [2.75, 3.05) is 12.0 Å². The van der Waals surface area contributed by atoms with Crippen molar-refractivity contribution in [3.8, 4) is 0 Å². The summed E-state index contributed by atoms with van der Waals surface area (Å²) in [7, 11) is 0. The number of hydrogen-bond donors (Lipinski definition) is 4. The van der Waals surface area contributed by atoms with Gasteiger partial charge in [0.1, 0.15) is 18.1 Å². The Labute approximate surface area is 250 Å². The number of hydrogen-bond acceptors (Lipinski definition) is 6. The zero-order chi connectivity index (χ0) is 30.9. The van der Waals surface area contributed by atoms with Crippen molar-refractivity contribution in [1.29, 1.82) is 0 Å². The molecule has 1 aromatic carbocycles. The van der Waals surface area contributed by atoms with E-state index in [1.54, 1.807) is 11.8 Å². The lowest BCUT2D eigenvalue weighted by atomic mass is 9.96. The first-order valence-electron chi connectivity index (χ1n) is 14.6. The summed E-state index contributed by atoms with van der Waals surface area (Å²) < 4.78 is 0. The molecule has 4 unspecified atom stereocenters. The second-order valence-electron chi connectivity index (χ2n) is 11.2. The van der Waals surface area contributed by atoms with Crippen molar-refractivity contribution in [2.24, 2.45) is 11.8 Å². The summed E-state index contributed by atoms with van der Waals surface area (Å²) in [5.74, 6) is -1.26. The van der Waals surface area contributed by atoms with E-state index < -0.39 is 41.9 Å². The minimum absolute atomic E-state index is 0.0456. The molecule has 0 saturated heterocycles. The first kappa shape index (κ1) is 36.1. The van der Waals surface area contributed by atoms with Crippen LogP contribution >= 0.6 is 11.8 Å². The van der Waals surface area contributed by atoms with Crippen LogP contribution in [0.1, 0.15) is 79.2 Å². The summed E-state index contributed by atoms with van der Waals surface area (Å²) >= 11 is 1.56. The molecular formula is C31H50N4O5S. The maximum Gasteiger partial charge on any atom is 0.243 e. The van der Waals surface area contributed by atoms with Crippen molar-refractivity contribution < 1.29 is 24.0 Å². The van der Waals surface area contributed by atoms with Crippen molar-refractivity contribution in [3.63, 3.8) is 0 Å². The van der Waals surface area contributed by atoms with E-state index in [0.717, 1.165) is 18.4 Å². The number of nitrogens with one attached hydrogen (secondary N) is 4. The number of unbranched alkanes of at least 4 members (excludes halogenated alkanes) is 1. The van der Waals surface area contributed by atoms with Gasteiger partial charge in [0, 0.05) is 19.3 Å². The largest absolute Gasteiger partial charge is 0.345 e. The number of thioether (sulfide) groups is 1. The smallest absolute Gasteiger partial charge is 0.243 e. The van der Waals surface area contributed by atoms with Gasteiger partial charge in [-0.1, -0.05) is 77.8 Å². The highest BCUT2D eigenvalue weighted by atomic mass is 32.2. The van der Waals surface area contributed by atoms with Crippen LogP contribution in [0.5, 0.6) is 0 Å². The maximum absolute atomic E-state index is 13.6. The van der Waals surface area contributed by atoms with Crippen molar-refractivity contribution in [1.82, 2.24) is 21.3 Å². The number of ketones is 1. The molecule has 0 saturated carbocycles. The molecule has 0 aliphatic carbocycles. The highest BCUT2D eigenvalue weighted by Gasteiger charge is 2.32. The molecule has 1 rings (SSSR count). The molecule has 0 heterocycles. The fourth-order valence-electron chi connectivity index (χ4n) is 4.42. The van der Waals surface area contributed by atoms with Crippen LogP contribution < -0.4 is 21.3 Å². The fourth-order valence-corrected chi connectivity index (χ4v) is 4.90. The van der Waals surface area contributed by atoms with Crippen molar-refractivity contribution in [3.05, 3.63) is 35.9 Å². The number of rotatable bonds is 19. The van der Waals surface area contributed by atoms with Crippen LogP contribution in [-0.2, 0) is 30.4 Å². The van der Waals surface area contributed by atoms with E-state index >= 15 is 0 Å². The predicted octanol–water partition coefficient (Wildman–Crippen LogP) is 3.40. The van der Waals surface area contributed by atoms with Crippen molar-refractivity contribution >= 4 is 41.2 Å². The highest BCUT2D eigenvalue weighted by molar-refractivity contribution is 7.98. The Morgan fingerprint density at radius 3 is 1.85 bits per heavy atom. The summed E-state index contributed by atoms with van der Waals surface area (Å²) in [4.78, 5) is 64.9. The van der Waals surface area contributed by atoms with Crippen molar-refractivity contribution in [2.45, 2.75) is 104 Å². The van der Waals surface area contributed by atoms with E-state index in [1.807, 2.05) is 71.2 Å². The first-order valence-corrected chi connectivity index (χ1v) is 16.0. The van der Waals surface area contributed by atoms with Gasteiger partial charge in [0.25, 0.3) is 0 Å². The molecule has 9 nitrogen and oxygen atoms in total. The SMILES string of the molecule is CCCCC(NC(=O)C(Cc1ccccc1)NC(=O)C(CC(C)C)NC(=O)C(CCSC)NC(C)=O)C(=O)C(C)C. The molecule has 4 amide bonds. The Morgan fingerprint density at radius 2 is 1.32 bits per heavy atom. The van der Waals surface area contributed by atoms with E-state index in [4.69, 9.17) is 0 Å². The second kappa shape index (κ2) is 19.3. The molecule has 0 radical (unpaired) electrons. The zero-order valence-electron chi connectivity index (χ0n) is 25.8. The van der Waals surface area contributed by atoms with Crippen LogP contribution in [-0.4, -0.2) is 65.6 Å². The Kier molecular flexibility index (Phi) is 17.0. The van der Waals surface area contributed by atoms with Gasteiger partial charge in [-0.15, -0.1) is 0 Å². The monoisotopic (exact) mass is 590 g/mol. The van der Waals surface area contributed by atoms with E-state index in [2.05, 4.69) is 21.3 Å². The van der Waals surface area contributed by atoms with Gasteiger partial charge in [-0.2, -0.15) is 11.8 Å². The van der Waals surface area contributed by atoms with Gasteiger partial charge in [0.15, 0.2) is 5.78 Å². The number of carbonyl (C=O) groups excluding carboxylic acids is 5. The van der Waals surface area contributed by atoms with E-state index in [1.165, 1.54) is 6.92 Å².